The van der Waals surface area contributed by atoms with Crippen LogP contribution in [0.4, 0.5) is 4.79 Å². The van der Waals surface area contributed by atoms with Gasteiger partial charge in [0.1, 0.15) is 42.5 Å². The number of carbonyl (C=O) groups is 3. The molecule has 4 aromatic rings. The molecule has 0 aliphatic heterocycles. The lowest BCUT2D eigenvalue weighted by molar-refractivity contribution is -0.136. The van der Waals surface area contributed by atoms with E-state index in [1.165, 1.54) is 24.5 Å². The molecule has 0 saturated heterocycles. The van der Waals surface area contributed by atoms with E-state index in [4.69, 9.17) is 18.6 Å². The van der Waals surface area contributed by atoms with E-state index >= 15 is 0 Å². The zero-order valence-corrected chi connectivity index (χ0v) is 21.9. The van der Waals surface area contributed by atoms with Gasteiger partial charge in [0.15, 0.2) is 0 Å². The third-order valence-corrected chi connectivity index (χ3v) is 5.76. The Labute approximate surface area is 229 Å². The van der Waals surface area contributed by atoms with Crippen LogP contribution in [0.15, 0.2) is 94.3 Å². The number of alkyl carbamates (subject to hydrolysis) is 1. The highest BCUT2D eigenvalue weighted by Crippen LogP contribution is 2.24. The highest BCUT2D eigenvalue weighted by atomic mass is 16.5. The zero-order chi connectivity index (χ0) is 28.5. The summed E-state index contributed by atoms with van der Waals surface area (Å²) in [4.78, 5) is 50.1. The molecule has 0 spiro atoms. The SMILES string of the molecule is CC(C)C(NC(=O)OCc1ccccc1)C(=O)NCC(=O)Oc1ccc2c(=O)c(Oc3ccccc3)coc2c1. The van der Waals surface area contributed by atoms with E-state index in [9.17, 15) is 19.2 Å². The van der Waals surface area contributed by atoms with Crippen molar-refractivity contribution in [2.45, 2.75) is 26.5 Å². The van der Waals surface area contributed by atoms with Crippen molar-refractivity contribution < 1.29 is 33.0 Å². The van der Waals surface area contributed by atoms with Gasteiger partial charge in [-0.25, -0.2) is 9.59 Å². The molecule has 10 nitrogen and oxygen atoms in total. The topological polar surface area (TPSA) is 133 Å². The number of para-hydroxylation sites is 1. The van der Waals surface area contributed by atoms with Gasteiger partial charge in [-0.15, -0.1) is 0 Å². The second-order valence-electron chi connectivity index (χ2n) is 9.12. The number of ether oxygens (including phenoxy) is 3. The van der Waals surface area contributed by atoms with Gasteiger partial charge in [0.25, 0.3) is 0 Å². The number of fused-ring (bicyclic) bond motifs is 1. The summed E-state index contributed by atoms with van der Waals surface area (Å²) in [5.74, 6) is -0.981. The lowest BCUT2D eigenvalue weighted by Crippen LogP contribution is -2.51. The summed E-state index contributed by atoms with van der Waals surface area (Å²) in [6.07, 6.45) is 0.434. The molecule has 0 aliphatic carbocycles. The number of hydrogen-bond donors (Lipinski definition) is 2. The average Bonchev–Trinajstić information content (AvgIpc) is 2.96. The highest BCUT2D eigenvalue weighted by molar-refractivity contribution is 5.89. The summed E-state index contributed by atoms with van der Waals surface area (Å²) in [6, 6.07) is 21.3. The maximum Gasteiger partial charge on any atom is 0.408 e. The van der Waals surface area contributed by atoms with Crippen molar-refractivity contribution in [3.05, 3.63) is 101 Å². The molecule has 0 bridgehead atoms. The predicted molar refractivity (Wildman–Crippen MR) is 146 cm³/mol. The molecule has 10 heteroatoms. The van der Waals surface area contributed by atoms with E-state index in [0.29, 0.717) is 5.75 Å². The minimum atomic E-state index is -0.932. The van der Waals surface area contributed by atoms with Crippen LogP contribution in [0.1, 0.15) is 19.4 Å². The summed E-state index contributed by atoms with van der Waals surface area (Å²) in [7, 11) is 0. The van der Waals surface area contributed by atoms with E-state index in [2.05, 4.69) is 10.6 Å². The van der Waals surface area contributed by atoms with E-state index in [1.54, 1.807) is 38.1 Å². The molecule has 0 aliphatic rings. The lowest BCUT2D eigenvalue weighted by Gasteiger charge is -2.21. The van der Waals surface area contributed by atoms with Gasteiger partial charge in [-0.1, -0.05) is 62.4 Å². The molecule has 0 saturated carbocycles. The first kappa shape index (κ1) is 27.9. The molecule has 4 rings (SSSR count). The third-order valence-electron chi connectivity index (χ3n) is 5.76. The van der Waals surface area contributed by atoms with E-state index in [0.717, 1.165) is 5.56 Å². The summed E-state index contributed by atoms with van der Waals surface area (Å²) < 4.78 is 21.6. The maximum absolute atomic E-state index is 12.8. The first-order valence-electron chi connectivity index (χ1n) is 12.5. The van der Waals surface area contributed by atoms with Crippen LogP contribution in [0.5, 0.6) is 17.2 Å². The van der Waals surface area contributed by atoms with Crippen molar-refractivity contribution >= 4 is 28.9 Å². The Balaban J connectivity index is 1.31. The second kappa shape index (κ2) is 13.1. The first-order chi connectivity index (χ1) is 19.3. The molecule has 1 heterocycles. The van der Waals surface area contributed by atoms with Crippen molar-refractivity contribution in [2.75, 3.05) is 6.54 Å². The Morgan fingerprint density at radius 1 is 0.900 bits per heavy atom. The Morgan fingerprint density at radius 3 is 2.30 bits per heavy atom. The number of nitrogens with one attached hydrogen (secondary N) is 2. The molecule has 206 valence electrons. The number of amides is 2. The quantitative estimate of drug-likeness (QED) is 0.219. The normalized spacial score (nSPS) is 11.5. The summed E-state index contributed by atoms with van der Waals surface area (Å²) in [5, 5.41) is 5.24. The van der Waals surface area contributed by atoms with Crippen molar-refractivity contribution in [1.29, 1.82) is 0 Å². The van der Waals surface area contributed by atoms with Crippen molar-refractivity contribution in [2.24, 2.45) is 5.92 Å². The van der Waals surface area contributed by atoms with Gasteiger partial charge in [0.2, 0.25) is 17.1 Å². The third kappa shape index (κ3) is 7.47. The monoisotopic (exact) mass is 544 g/mol. The average molecular weight is 545 g/mol. The van der Waals surface area contributed by atoms with Crippen molar-refractivity contribution in [3.63, 3.8) is 0 Å². The molecule has 1 aromatic heterocycles. The van der Waals surface area contributed by atoms with Crippen LogP contribution in [-0.4, -0.2) is 30.6 Å². The Hall–Kier alpha value is -5.12. The van der Waals surface area contributed by atoms with Gasteiger partial charge >= 0.3 is 12.1 Å². The fraction of sp³-hybridized carbons (Fsp3) is 0.200. The Bertz CT molecular complexity index is 1530. The smallest absolute Gasteiger partial charge is 0.408 e. The number of hydrogen-bond acceptors (Lipinski definition) is 8. The lowest BCUT2D eigenvalue weighted by atomic mass is 10.0. The molecule has 1 unspecified atom stereocenters. The van der Waals surface area contributed by atoms with Crippen LogP contribution in [0, 0.1) is 5.92 Å². The Kier molecular flexibility index (Phi) is 9.14. The number of esters is 1. The number of rotatable bonds is 10. The van der Waals surface area contributed by atoms with Gasteiger partial charge in [0.05, 0.1) is 5.39 Å². The van der Waals surface area contributed by atoms with Crippen molar-refractivity contribution in [1.82, 2.24) is 10.6 Å². The van der Waals surface area contributed by atoms with Crippen LogP contribution in [0.25, 0.3) is 11.0 Å². The molecule has 40 heavy (non-hydrogen) atoms. The van der Waals surface area contributed by atoms with Crippen LogP contribution in [0.3, 0.4) is 0 Å². The highest BCUT2D eigenvalue weighted by Gasteiger charge is 2.25. The van der Waals surface area contributed by atoms with E-state index < -0.39 is 30.6 Å². The number of benzene rings is 3. The summed E-state index contributed by atoms with van der Waals surface area (Å²) in [5.41, 5.74) is 0.613. The van der Waals surface area contributed by atoms with Crippen LogP contribution < -0.4 is 25.5 Å². The molecule has 1 atom stereocenters. The van der Waals surface area contributed by atoms with Gasteiger partial charge in [-0.05, 0) is 35.7 Å². The second-order valence-corrected chi connectivity index (χ2v) is 9.12. The maximum atomic E-state index is 12.8. The number of carbonyl (C=O) groups excluding carboxylic acids is 3. The molecule has 0 radical (unpaired) electrons. The standard InChI is InChI=1S/C30H28N2O8/c1-19(2)27(32-30(36)38-17-20-9-5-3-6-10-20)29(35)31-16-26(33)40-22-13-14-23-24(15-22)37-18-25(28(23)34)39-21-11-7-4-8-12-21/h3-15,18-19,27H,16-17H2,1-2H3,(H,31,35)(H,32,36). The van der Waals surface area contributed by atoms with Gasteiger partial charge in [-0.3, -0.25) is 9.59 Å². The van der Waals surface area contributed by atoms with E-state index in [-0.39, 0.29) is 40.4 Å². The predicted octanol–water partition coefficient (Wildman–Crippen LogP) is 4.56. The fourth-order valence-corrected chi connectivity index (χ4v) is 3.70. The minimum absolute atomic E-state index is 0.0171. The van der Waals surface area contributed by atoms with Crippen molar-refractivity contribution in [3.8, 4) is 17.2 Å². The zero-order valence-electron chi connectivity index (χ0n) is 21.9. The molecule has 2 amide bonds. The molecule has 3 aromatic carbocycles. The molecular weight excluding hydrogens is 516 g/mol. The summed E-state index contributed by atoms with van der Waals surface area (Å²) >= 11 is 0. The van der Waals surface area contributed by atoms with Crippen LogP contribution in [0.2, 0.25) is 0 Å². The van der Waals surface area contributed by atoms with E-state index in [1.807, 2.05) is 36.4 Å². The largest absolute Gasteiger partial charge is 0.460 e. The van der Waals surface area contributed by atoms with Gasteiger partial charge < -0.3 is 29.3 Å². The van der Waals surface area contributed by atoms with Gasteiger partial charge in [0, 0.05) is 6.07 Å². The minimum Gasteiger partial charge on any atom is -0.460 e. The van der Waals surface area contributed by atoms with Crippen LogP contribution in [-0.2, 0) is 20.9 Å². The molecule has 0 fully saturated rings. The molecule has 2 N–H and O–H groups in total. The van der Waals surface area contributed by atoms with Gasteiger partial charge in [-0.2, -0.15) is 0 Å². The van der Waals surface area contributed by atoms with Crippen LogP contribution >= 0.6 is 0 Å². The summed E-state index contributed by atoms with van der Waals surface area (Å²) in [6.45, 7) is 3.10. The molecular formula is C30H28N2O8. The first-order valence-corrected chi connectivity index (χ1v) is 12.5. The Morgan fingerprint density at radius 2 is 1.60 bits per heavy atom. The fourth-order valence-electron chi connectivity index (χ4n) is 3.70.